The van der Waals surface area contributed by atoms with Crippen molar-refractivity contribution in [1.82, 2.24) is 4.57 Å². The lowest BCUT2D eigenvalue weighted by Gasteiger charge is -2.19. The summed E-state index contributed by atoms with van der Waals surface area (Å²) in [6.45, 7) is 5.28. The van der Waals surface area contributed by atoms with Crippen molar-refractivity contribution in [3.63, 3.8) is 0 Å². The molecule has 0 bridgehead atoms. The number of nitrogens with zero attached hydrogens (tertiary/aromatic N) is 1. The van der Waals surface area contributed by atoms with Gasteiger partial charge in [0.15, 0.2) is 6.29 Å². The molecule has 0 saturated heterocycles. The highest BCUT2D eigenvalue weighted by Gasteiger charge is 2.21. The summed E-state index contributed by atoms with van der Waals surface area (Å²) in [7, 11) is 0. The molecule has 0 radical (unpaired) electrons. The van der Waals surface area contributed by atoms with Crippen LogP contribution in [0.1, 0.15) is 31.1 Å². The second kappa shape index (κ2) is 4.42. The summed E-state index contributed by atoms with van der Waals surface area (Å²) < 4.78 is 6.48. The molecule has 0 aliphatic heterocycles. The zero-order chi connectivity index (χ0) is 14.2. The number of rotatable bonds is 1. The Hall–Kier alpha value is -2.30. The van der Waals surface area contributed by atoms with E-state index in [1.54, 1.807) is 32.9 Å². The van der Waals surface area contributed by atoms with Gasteiger partial charge in [0, 0.05) is 11.8 Å². The third-order valence-electron chi connectivity index (χ3n) is 2.55. The summed E-state index contributed by atoms with van der Waals surface area (Å²) in [4.78, 5) is 23.1. The average molecular weight is 261 g/mol. The Labute approximate surface area is 110 Å². The van der Waals surface area contributed by atoms with Gasteiger partial charge < -0.3 is 9.84 Å². The van der Waals surface area contributed by atoms with E-state index in [0.29, 0.717) is 17.2 Å². The fourth-order valence-corrected chi connectivity index (χ4v) is 1.85. The molecule has 0 amide bonds. The first-order valence-electron chi connectivity index (χ1n) is 5.85. The number of phenolic OH excluding ortho intramolecular Hbond substituents is 1. The van der Waals surface area contributed by atoms with Crippen molar-refractivity contribution >= 4 is 23.3 Å². The van der Waals surface area contributed by atoms with Gasteiger partial charge in [-0.15, -0.1) is 0 Å². The number of fused-ring (bicyclic) bond motifs is 1. The Kier molecular flexibility index (Phi) is 3.06. The molecule has 19 heavy (non-hydrogen) atoms. The number of aromatic nitrogens is 1. The molecule has 1 N–H and O–H groups in total. The average Bonchev–Trinajstić information content (AvgIpc) is 2.67. The molecule has 0 aliphatic carbocycles. The van der Waals surface area contributed by atoms with Gasteiger partial charge >= 0.3 is 6.09 Å². The Morgan fingerprint density at radius 3 is 2.63 bits per heavy atom. The summed E-state index contributed by atoms with van der Waals surface area (Å²) >= 11 is 0. The molecule has 0 fully saturated rings. The molecule has 0 atom stereocenters. The zero-order valence-corrected chi connectivity index (χ0v) is 11.0. The van der Waals surface area contributed by atoms with Crippen molar-refractivity contribution in [2.45, 2.75) is 26.4 Å². The third-order valence-corrected chi connectivity index (χ3v) is 2.55. The van der Waals surface area contributed by atoms with Crippen LogP contribution < -0.4 is 0 Å². The molecule has 5 nitrogen and oxygen atoms in total. The fraction of sp³-hybridized carbons (Fsp3) is 0.286. The van der Waals surface area contributed by atoms with E-state index in [2.05, 4.69) is 0 Å². The lowest BCUT2D eigenvalue weighted by atomic mass is 10.2. The van der Waals surface area contributed by atoms with Gasteiger partial charge in [0.25, 0.3) is 0 Å². The summed E-state index contributed by atoms with van der Waals surface area (Å²) in [6, 6.07) is 4.72. The van der Waals surface area contributed by atoms with E-state index in [1.807, 2.05) is 0 Å². The number of carbonyl (C=O) groups is 2. The molecule has 1 aromatic heterocycles. The van der Waals surface area contributed by atoms with Crippen molar-refractivity contribution < 1.29 is 19.4 Å². The molecule has 0 spiro atoms. The largest absolute Gasteiger partial charge is 0.507 e. The second-order valence-electron chi connectivity index (χ2n) is 5.22. The van der Waals surface area contributed by atoms with E-state index in [4.69, 9.17) is 4.74 Å². The SMILES string of the molecule is CC(C)(C)OC(=O)n1cc(C=O)c2c(O)cccc21. The van der Waals surface area contributed by atoms with Gasteiger partial charge in [0.2, 0.25) is 0 Å². The highest BCUT2D eigenvalue weighted by molar-refractivity contribution is 6.04. The van der Waals surface area contributed by atoms with E-state index in [0.717, 1.165) is 0 Å². The maximum absolute atomic E-state index is 12.1. The monoisotopic (exact) mass is 261 g/mol. The molecule has 2 aromatic rings. The molecule has 0 saturated carbocycles. The van der Waals surface area contributed by atoms with Crippen molar-refractivity contribution in [2.75, 3.05) is 0 Å². The number of hydrogen-bond donors (Lipinski definition) is 1. The van der Waals surface area contributed by atoms with Gasteiger partial charge in [-0.25, -0.2) is 4.79 Å². The van der Waals surface area contributed by atoms with Crippen LogP contribution in [0.3, 0.4) is 0 Å². The van der Waals surface area contributed by atoms with Crippen LogP contribution in [0, 0.1) is 0 Å². The maximum atomic E-state index is 12.1. The molecule has 2 rings (SSSR count). The minimum atomic E-state index is -0.633. The highest BCUT2D eigenvalue weighted by atomic mass is 16.6. The molecular weight excluding hydrogens is 246 g/mol. The van der Waals surface area contributed by atoms with Crippen molar-refractivity contribution in [2.24, 2.45) is 0 Å². The van der Waals surface area contributed by atoms with E-state index >= 15 is 0 Å². The quantitative estimate of drug-likeness (QED) is 0.801. The van der Waals surface area contributed by atoms with Crippen LogP contribution in [-0.2, 0) is 4.74 Å². The van der Waals surface area contributed by atoms with E-state index in [9.17, 15) is 14.7 Å². The summed E-state index contributed by atoms with van der Waals surface area (Å²) in [5.41, 5.74) is 0.0570. The summed E-state index contributed by atoms with van der Waals surface area (Å²) in [5.74, 6) is -0.0399. The molecule has 1 aromatic carbocycles. The van der Waals surface area contributed by atoms with Gasteiger partial charge in [0.05, 0.1) is 10.9 Å². The number of carbonyl (C=O) groups excluding carboxylic acids is 2. The third kappa shape index (κ3) is 2.45. The first-order chi connectivity index (χ1) is 8.83. The van der Waals surface area contributed by atoms with Crippen LogP contribution in [0.15, 0.2) is 24.4 Å². The van der Waals surface area contributed by atoms with Crippen LogP contribution in [0.2, 0.25) is 0 Å². The number of ether oxygens (including phenoxy) is 1. The normalized spacial score (nSPS) is 11.5. The van der Waals surface area contributed by atoms with Crippen molar-refractivity contribution in [3.8, 4) is 5.75 Å². The predicted octanol–water partition coefficient (Wildman–Crippen LogP) is 2.94. The Balaban J connectivity index is 2.59. The van der Waals surface area contributed by atoms with Crippen molar-refractivity contribution in [3.05, 3.63) is 30.0 Å². The smallest absolute Gasteiger partial charge is 0.419 e. The first kappa shape index (κ1) is 13.1. The number of hydrogen-bond acceptors (Lipinski definition) is 4. The zero-order valence-electron chi connectivity index (χ0n) is 11.0. The minimum absolute atomic E-state index is 0.0399. The lowest BCUT2D eigenvalue weighted by Crippen LogP contribution is -2.26. The minimum Gasteiger partial charge on any atom is -0.507 e. The molecule has 0 unspecified atom stereocenters. The van der Waals surface area contributed by atoms with Gasteiger partial charge in [-0.05, 0) is 32.9 Å². The fourth-order valence-electron chi connectivity index (χ4n) is 1.85. The molecular formula is C14H15NO4. The molecule has 100 valence electrons. The lowest BCUT2D eigenvalue weighted by molar-refractivity contribution is 0.0544. The Bertz CT molecular complexity index is 649. The first-order valence-corrected chi connectivity index (χ1v) is 5.85. The summed E-state index contributed by atoms with van der Waals surface area (Å²) in [5, 5.41) is 10.1. The number of phenols is 1. The molecule has 5 heteroatoms. The van der Waals surface area contributed by atoms with Crippen molar-refractivity contribution in [1.29, 1.82) is 0 Å². The molecule has 0 aliphatic rings. The highest BCUT2D eigenvalue weighted by Crippen LogP contribution is 2.29. The van der Waals surface area contributed by atoms with Gasteiger partial charge in [0.1, 0.15) is 11.4 Å². The van der Waals surface area contributed by atoms with E-state index < -0.39 is 11.7 Å². The van der Waals surface area contributed by atoms with E-state index in [1.165, 1.54) is 16.8 Å². The van der Waals surface area contributed by atoms with Crippen LogP contribution in [0.4, 0.5) is 4.79 Å². The summed E-state index contributed by atoms with van der Waals surface area (Å²) in [6.07, 6.45) is 1.38. The van der Waals surface area contributed by atoms with Gasteiger partial charge in [-0.3, -0.25) is 9.36 Å². The van der Waals surface area contributed by atoms with E-state index in [-0.39, 0.29) is 11.3 Å². The standard InChI is InChI=1S/C14H15NO4/c1-14(2,3)19-13(18)15-7-9(8-16)12-10(15)5-4-6-11(12)17/h4-8,17H,1-3H3. The second-order valence-corrected chi connectivity index (χ2v) is 5.22. The maximum Gasteiger partial charge on any atom is 0.419 e. The predicted molar refractivity (Wildman–Crippen MR) is 70.6 cm³/mol. The number of aldehydes is 1. The van der Waals surface area contributed by atoms with Gasteiger partial charge in [-0.1, -0.05) is 6.07 Å². The van der Waals surface area contributed by atoms with Crippen LogP contribution in [0.25, 0.3) is 10.9 Å². The van der Waals surface area contributed by atoms with Crippen LogP contribution in [0.5, 0.6) is 5.75 Å². The van der Waals surface area contributed by atoms with Gasteiger partial charge in [-0.2, -0.15) is 0 Å². The van der Waals surface area contributed by atoms with Crippen LogP contribution in [-0.4, -0.2) is 27.7 Å². The van der Waals surface area contributed by atoms with Crippen LogP contribution >= 0.6 is 0 Å². The Morgan fingerprint density at radius 2 is 2.05 bits per heavy atom. The Morgan fingerprint density at radius 1 is 1.37 bits per heavy atom. The molecule has 1 heterocycles. The number of aromatic hydroxyl groups is 1. The topological polar surface area (TPSA) is 68.5 Å². The number of benzene rings is 1.